The Kier molecular flexibility index (Phi) is 4.97. The quantitative estimate of drug-likeness (QED) is 0.774. The molecule has 5 nitrogen and oxygen atoms in total. The van der Waals surface area contributed by atoms with E-state index in [1.165, 1.54) is 0 Å². The summed E-state index contributed by atoms with van der Waals surface area (Å²) in [6.07, 6.45) is 0. The molecule has 1 rings (SSSR count). The zero-order valence-corrected chi connectivity index (χ0v) is 11.1. The molecule has 0 aliphatic rings. The van der Waals surface area contributed by atoms with E-state index in [9.17, 15) is 4.79 Å². The van der Waals surface area contributed by atoms with Crippen molar-refractivity contribution in [2.75, 3.05) is 31.7 Å². The van der Waals surface area contributed by atoms with Gasteiger partial charge in [0.2, 0.25) is 0 Å². The lowest BCUT2D eigenvalue weighted by Crippen LogP contribution is -2.39. The molecule has 0 heterocycles. The van der Waals surface area contributed by atoms with E-state index in [4.69, 9.17) is 16.2 Å². The Morgan fingerprint density at radius 2 is 2.06 bits per heavy atom. The predicted octanol–water partition coefficient (Wildman–Crippen LogP) is 1.35. The zero-order chi connectivity index (χ0) is 13.7. The fourth-order valence-electron chi connectivity index (χ4n) is 1.71. The van der Waals surface area contributed by atoms with Gasteiger partial charge in [0.25, 0.3) is 5.91 Å². The Hall–Kier alpha value is -1.75. The lowest BCUT2D eigenvalue weighted by molar-refractivity contribution is 0.0636. The summed E-state index contributed by atoms with van der Waals surface area (Å²) in [6.45, 7) is 4.96. The molecule has 0 unspecified atom stereocenters. The van der Waals surface area contributed by atoms with Crippen molar-refractivity contribution in [3.63, 3.8) is 0 Å². The van der Waals surface area contributed by atoms with Crippen LogP contribution in [0.5, 0.6) is 0 Å². The molecule has 0 radical (unpaired) electrons. The van der Waals surface area contributed by atoms with Gasteiger partial charge in [-0.3, -0.25) is 4.79 Å². The molecule has 100 valence electrons. The number of benzene rings is 1. The van der Waals surface area contributed by atoms with Crippen molar-refractivity contribution in [3.8, 4) is 0 Å². The van der Waals surface area contributed by atoms with Crippen molar-refractivity contribution in [2.45, 2.75) is 19.9 Å². The highest BCUT2D eigenvalue weighted by Gasteiger charge is 2.20. The Bertz CT molecular complexity index is 419. The Morgan fingerprint density at radius 1 is 1.39 bits per heavy atom. The van der Waals surface area contributed by atoms with Crippen LogP contribution in [0.4, 0.5) is 11.4 Å². The van der Waals surface area contributed by atoms with Gasteiger partial charge < -0.3 is 21.1 Å². The molecule has 0 bridgehead atoms. The van der Waals surface area contributed by atoms with Gasteiger partial charge in [0.05, 0.1) is 12.2 Å². The van der Waals surface area contributed by atoms with E-state index < -0.39 is 0 Å². The number of nitrogens with two attached hydrogens (primary N) is 2. The first kappa shape index (κ1) is 14.3. The van der Waals surface area contributed by atoms with E-state index in [-0.39, 0.29) is 11.9 Å². The monoisotopic (exact) mass is 251 g/mol. The summed E-state index contributed by atoms with van der Waals surface area (Å²) >= 11 is 0. The molecule has 1 aromatic carbocycles. The topological polar surface area (TPSA) is 81.6 Å². The normalized spacial score (nSPS) is 10.7. The lowest BCUT2D eigenvalue weighted by Gasteiger charge is -2.27. The smallest absolute Gasteiger partial charge is 0.256 e. The molecule has 0 atom stereocenters. The lowest BCUT2D eigenvalue weighted by atomic mass is 10.1. The third-order valence-corrected chi connectivity index (χ3v) is 2.73. The van der Waals surface area contributed by atoms with Crippen molar-refractivity contribution in [2.24, 2.45) is 0 Å². The summed E-state index contributed by atoms with van der Waals surface area (Å²) < 4.78 is 5.01. The maximum atomic E-state index is 12.4. The first-order valence-electron chi connectivity index (χ1n) is 5.92. The first-order valence-corrected chi connectivity index (χ1v) is 5.92. The van der Waals surface area contributed by atoms with Gasteiger partial charge in [0, 0.05) is 31.1 Å². The highest BCUT2D eigenvalue weighted by Crippen LogP contribution is 2.18. The van der Waals surface area contributed by atoms with Gasteiger partial charge in [0.1, 0.15) is 0 Å². The fourth-order valence-corrected chi connectivity index (χ4v) is 1.71. The van der Waals surface area contributed by atoms with Crippen LogP contribution < -0.4 is 11.5 Å². The van der Waals surface area contributed by atoms with E-state index in [1.807, 2.05) is 13.8 Å². The Labute approximate surface area is 108 Å². The van der Waals surface area contributed by atoms with Crippen molar-refractivity contribution in [3.05, 3.63) is 23.8 Å². The number of hydrogen-bond donors (Lipinski definition) is 2. The largest absolute Gasteiger partial charge is 0.399 e. The minimum Gasteiger partial charge on any atom is -0.399 e. The van der Waals surface area contributed by atoms with Crippen LogP contribution in [0.15, 0.2) is 18.2 Å². The highest BCUT2D eigenvalue weighted by molar-refractivity contribution is 5.99. The van der Waals surface area contributed by atoms with Crippen molar-refractivity contribution in [1.82, 2.24) is 4.90 Å². The number of nitrogen functional groups attached to an aromatic ring is 2. The second kappa shape index (κ2) is 6.26. The first-order chi connectivity index (χ1) is 8.47. The number of ether oxygens (including phenoxy) is 1. The molecule has 5 heteroatoms. The van der Waals surface area contributed by atoms with Gasteiger partial charge >= 0.3 is 0 Å². The Balaban J connectivity index is 2.94. The molecule has 0 fully saturated rings. The minimum absolute atomic E-state index is 0.0876. The van der Waals surface area contributed by atoms with Crippen LogP contribution in [0, 0.1) is 0 Å². The van der Waals surface area contributed by atoms with Gasteiger partial charge in [-0.2, -0.15) is 0 Å². The maximum Gasteiger partial charge on any atom is 0.256 e. The van der Waals surface area contributed by atoms with Gasteiger partial charge in [-0.05, 0) is 32.0 Å². The van der Waals surface area contributed by atoms with Crippen LogP contribution in [-0.4, -0.2) is 37.1 Å². The van der Waals surface area contributed by atoms with E-state index in [2.05, 4.69) is 0 Å². The SMILES string of the molecule is COCCN(C(=O)c1ccc(N)cc1N)C(C)C. The number of methoxy groups -OCH3 is 1. The number of carbonyl (C=O) groups is 1. The second-order valence-corrected chi connectivity index (χ2v) is 4.43. The molecule has 18 heavy (non-hydrogen) atoms. The molecule has 0 spiro atoms. The molecule has 0 aliphatic heterocycles. The van der Waals surface area contributed by atoms with Crippen molar-refractivity contribution in [1.29, 1.82) is 0 Å². The van der Waals surface area contributed by atoms with Gasteiger partial charge in [-0.15, -0.1) is 0 Å². The van der Waals surface area contributed by atoms with Gasteiger partial charge in [-0.25, -0.2) is 0 Å². The van der Waals surface area contributed by atoms with Crippen molar-refractivity contribution >= 4 is 17.3 Å². The summed E-state index contributed by atoms with van der Waals surface area (Å²) in [5.74, 6) is -0.0976. The number of anilines is 2. The Morgan fingerprint density at radius 3 is 2.56 bits per heavy atom. The number of nitrogens with zero attached hydrogens (tertiary/aromatic N) is 1. The summed E-state index contributed by atoms with van der Waals surface area (Å²) in [4.78, 5) is 14.1. The molecule has 4 N–H and O–H groups in total. The van der Waals surface area contributed by atoms with E-state index in [1.54, 1.807) is 30.2 Å². The molecule has 1 amide bonds. The number of hydrogen-bond acceptors (Lipinski definition) is 4. The standard InChI is InChI=1S/C13H21N3O2/c1-9(2)16(6-7-18-3)13(17)11-5-4-10(14)8-12(11)15/h4-5,8-9H,6-7,14-15H2,1-3H3. The van der Waals surface area contributed by atoms with Crippen LogP contribution >= 0.6 is 0 Å². The second-order valence-electron chi connectivity index (χ2n) is 4.43. The minimum atomic E-state index is -0.0976. The summed E-state index contributed by atoms with van der Waals surface area (Å²) in [7, 11) is 1.61. The van der Waals surface area contributed by atoms with Crippen LogP contribution in [0.2, 0.25) is 0 Å². The maximum absolute atomic E-state index is 12.4. The average molecular weight is 251 g/mol. The highest BCUT2D eigenvalue weighted by atomic mass is 16.5. The number of carbonyl (C=O) groups excluding carboxylic acids is 1. The van der Waals surface area contributed by atoms with Crippen molar-refractivity contribution < 1.29 is 9.53 Å². The average Bonchev–Trinajstić information content (AvgIpc) is 2.28. The molecule has 0 aliphatic carbocycles. The molecular weight excluding hydrogens is 230 g/mol. The van der Waals surface area contributed by atoms with Crippen LogP contribution in [-0.2, 0) is 4.74 Å². The van der Waals surface area contributed by atoms with E-state index >= 15 is 0 Å². The molecule has 1 aromatic rings. The van der Waals surface area contributed by atoms with Gasteiger partial charge in [0.15, 0.2) is 0 Å². The zero-order valence-electron chi connectivity index (χ0n) is 11.1. The van der Waals surface area contributed by atoms with Crippen LogP contribution in [0.25, 0.3) is 0 Å². The summed E-state index contributed by atoms with van der Waals surface area (Å²) in [6, 6.07) is 5.03. The van der Waals surface area contributed by atoms with Gasteiger partial charge in [-0.1, -0.05) is 0 Å². The molecular formula is C13H21N3O2. The third-order valence-electron chi connectivity index (χ3n) is 2.73. The third kappa shape index (κ3) is 3.37. The van der Waals surface area contributed by atoms with Crippen LogP contribution in [0.3, 0.4) is 0 Å². The number of amides is 1. The number of rotatable bonds is 5. The molecule has 0 saturated heterocycles. The summed E-state index contributed by atoms with van der Waals surface area (Å²) in [5.41, 5.74) is 12.9. The van der Waals surface area contributed by atoms with Crippen LogP contribution in [0.1, 0.15) is 24.2 Å². The molecule has 0 saturated carbocycles. The summed E-state index contributed by atoms with van der Waals surface area (Å²) in [5, 5.41) is 0. The predicted molar refractivity (Wildman–Crippen MR) is 73.3 cm³/mol. The van der Waals surface area contributed by atoms with E-state index in [0.717, 1.165) is 0 Å². The van der Waals surface area contributed by atoms with E-state index in [0.29, 0.717) is 30.1 Å². The fraction of sp³-hybridized carbons (Fsp3) is 0.462. The molecule has 0 aromatic heterocycles.